The number of benzene rings is 1. The Morgan fingerprint density at radius 1 is 1.12 bits per heavy atom. The molecule has 0 unspecified atom stereocenters. The predicted octanol–water partition coefficient (Wildman–Crippen LogP) is 2.47. The summed E-state index contributed by atoms with van der Waals surface area (Å²) in [7, 11) is 0. The van der Waals surface area contributed by atoms with Gasteiger partial charge in [0.1, 0.15) is 17.7 Å². The van der Waals surface area contributed by atoms with Crippen LogP contribution in [0.15, 0.2) is 43.1 Å². The van der Waals surface area contributed by atoms with Crippen LogP contribution in [-0.4, -0.2) is 19.5 Å². The van der Waals surface area contributed by atoms with Gasteiger partial charge in [0.05, 0.1) is 17.2 Å². The van der Waals surface area contributed by atoms with Gasteiger partial charge in [-0.15, -0.1) is 0 Å². The maximum Gasteiger partial charge on any atom is 0.160 e. The van der Waals surface area contributed by atoms with E-state index >= 15 is 0 Å². The number of halogens is 1. The minimum atomic E-state index is 0.505. The lowest BCUT2D eigenvalue weighted by atomic mass is 10.3. The minimum absolute atomic E-state index is 0.505. The summed E-state index contributed by atoms with van der Waals surface area (Å²) in [6.07, 6.45) is 4.74. The Kier molecular flexibility index (Phi) is 2.08. The van der Waals surface area contributed by atoms with Crippen LogP contribution in [0.4, 0.5) is 0 Å². The SMILES string of the molecule is Clc1cncnc1-n1cnc2ccccc21. The zero-order chi connectivity index (χ0) is 11.0. The monoisotopic (exact) mass is 230 g/mol. The molecule has 0 radical (unpaired) electrons. The van der Waals surface area contributed by atoms with E-state index in [1.54, 1.807) is 12.5 Å². The van der Waals surface area contributed by atoms with Gasteiger partial charge in [-0.1, -0.05) is 23.7 Å². The molecule has 0 saturated heterocycles. The molecule has 3 rings (SSSR count). The van der Waals surface area contributed by atoms with Gasteiger partial charge in [-0.25, -0.2) is 15.0 Å². The highest BCUT2D eigenvalue weighted by molar-refractivity contribution is 6.32. The standard InChI is InChI=1S/C11H7ClN4/c12-8-5-13-6-14-11(8)16-7-15-9-3-1-2-4-10(9)16/h1-7H. The Morgan fingerprint density at radius 3 is 2.88 bits per heavy atom. The van der Waals surface area contributed by atoms with Crippen molar-refractivity contribution in [3.63, 3.8) is 0 Å². The molecule has 0 N–H and O–H groups in total. The van der Waals surface area contributed by atoms with Crippen molar-refractivity contribution in [3.8, 4) is 5.82 Å². The van der Waals surface area contributed by atoms with E-state index in [1.165, 1.54) is 6.33 Å². The van der Waals surface area contributed by atoms with E-state index in [9.17, 15) is 0 Å². The third kappa shape index (κ3) is 1.35. The highest BCUT2D eigenvalue weighted by Gasteiger charge is 2.07. The van der Waals surface area contributed by atoms with Crippen LogP contribution in [0.25, 0.3) is 16.9 Å². The largest absolute Gasteiger partial charge is 0.282 e. The Balaban J connectivity index is 2.31. The minimum Gasteiger partial charge on any atom is -0.282 e. The first kappa shape index (κ1) is 9.30. The first-order valence-corrected chi connectivity index (χ1v) is 5.12. The van der Waals surface area contributed by atoms with Crippen LogP contribution in [0.2, 0.25) is 5.02 Å². The van der Waals surface area contributed by atoms with Gasteiger partial charge < -0.3 is 0 Å². The summed E-state index contributed by atoms with van der Waals surface area (Å²) < 4.78 is 1.85. The molecule has 0 atom stereocenters. The molecular weight excluding hydrogens is 224 g/mol. The van der Waals surface area contributed by atoms with E-state index in [0.717, 1.165) is 11.0 Å². The van der Waals surface area contributed by atoms with E-state index in [2.05, 4.69) is 15.0 Å². The van der Waals surface area contributed by atoms with E-state index in [1.807, 2.05) is 28.8 Å². The molecule has 4 nitrogen and oxygen atoms in total. The summed E-state index contributed by atoms with van der Waals surface area (Å²) in [5.41, 5.74) is 1.89. The molecule has 0 aliphatic rings. The van der Waals surface area contributed by atoms with Gasteiger partial charge >= 0.3 is 0 Å². The number of nitrogens with zero attached hydrogens (tertiary/aromatic N) is 4. The number of aromatic nitrogens is 4. The molecule has 2 heterocycles. The molecule has 0 saturated carbocycles. The number of imidazole rings is 1. The maximum absolute atomic E-state index is 6.04. The number of para-hydroxylation sites is 2. The number of hydrogen-bond donors (Lipinski definition) is 0. The zero-order valence-electron chi connectivity index (χ0n) is 8.21. The zero-order valence-corrected chi connectivity index (χ0v) is 8.96. The van der Waals surface area contributed by atoms with Crippen molar-refractivity contribution in [2.75, 3.05) is 0 Å². The molecular formula is C11H7ClN4. The van der Waals surface area contributed by atoms with Crippen LogP contribution in [0.3, 0.4) is 0 Å². The Labute approximate surface area is 96.6 Å². The van der Waals surface area contributed by atoms with Gasteiger partial charge in [0, 0.05) is 0 Å². The molecule has 0 bridgehead atoms. The maximum atomic E-state index is 6.04. The topological polar surface area (TPSA) is 43.6 Å². The number of fused-ring (bicyclic) bond motifs is 1. The third-order valence-electron chi connectivity index (χ3n) is 2.33. The van der Waals surface area contributed by atoms with Crippen molar-refractivity contribution in [2.45, 2.75) is 0 Å². The summed E-state index contributed by atoms with van der Waals surface area (Å²) in [5.74, 6) is 0.644. The van der Waals surface area contributed by atoms with Crippen molar-refractivity contribution in [1.29, 1.82) is 0 Å². The fourth-order valence-corrected chi connectivity index (χ4v) is 1.81. The van der Waals surface area contributed by atoms with Crippen molar-refractivity contribution in [1.82, 2.24) is 19.5 Å². The third-order valence-corrected chi connectivity index (χ3v) is 2.60. The van der Waals surface area contributed by atoms with Gasteiger partial charge in [-0.2, -0.15) is 0 Å². The summed E-state index contributed by atoms with van der Waals surface area (Å²) in [6.45, 7) is 0. The molecule has 5 heteroatoms. The predicted molar refractivity (Wildman–Crippen MR) is 61.7 cm³/mol. The molecule has 16 heavy (non-hydrogen) atoms. The van der Waals surface area contributed by atoms with Crippen LogP contribution in [0, 0.1) is 0 Å². The summed E-state index contributed by atoms with van der Waals surface area (Å²) in [4.78, 5) is 12.3. The second-order valence-electron chi connectivity index (χ2n) is 3.30. The first-order valence-electron chi connectivity index (χ1n) is 4.74. The van der Waals surface area contributed by atoms with E-state index in [0.29, 0.717) is 10.8 Å². The van der Waals surface area contributed by atoms with Crippen LogP contribution in [0.5, 0.6) is 0 Å². The quantitative estimate of drug-likeness (QED) is 0.645. The van der Waals surface area contributed by atoms with Crippen LogP contribution in [-0.2, 0) is 0 Å². The molecule has 3 aromatic rings. The van der Waals surface area contributed by atoms with Crippen LogP contribution < -0.4 is 0 Å². The summed E-state index contributed by atoms with van der Waals surface area (Å²) in [5, 5.41) is 0.505. The van der Waals surface area contributed by atoms with Crippen molar-refractivity contribution >= 4 is 22.6 Å². The van der Waals surface area contributed by atoms with Crippen LogP contribution in [0.1, 0.15) is 0 Å². The van der Waals surface area contributed by atoms with Gasteiger partial charge in [0.25, 0.3) is 0 Å². The average molecular weight is 231 g/mol. The summed E-state index contributed by atoms with van der Waals surface area (Å²) in [6, 6.07) is 7.82. The number of hydrogen-bond acceptors (Lipinski definition) is 3. The molecule has 0 fully saturated rings. The van der Waals surface area contributed by atoms with Crippen molar-refractivity contribution in [2.24, 2.45) is 0 Å². The van der Waals surface area contributed by atoms with E-state index in [-0.39, 0.29) is 0 Å². The molecule has 2 aromatic heterocycles. The van der Waals surface area contributed by atoms with Gasteiger partial charge in [-0.3, -0.25) is 4.57 Å². The second-order valence-corrected chi connectivity index (χ2v) is 3.70. The fraction of sp³-hybridized carbons (Fsp3) is 0. The van der Waals surface area contributed by atoms with Crippen molar-refractivity contribution in [3.05, 3.63) is 48.1 Å². The lowest BCUT2D eigenvalue weighted by Gasteiger charge is -2.03. The van der Waals surface area contributed by atoms with E-state index < -0.39 is 0 Å². The first-order chi connectivity index (χ1) is 7.86. The smallest absolute Gasteiger partial charge is 0.160 e. The Hall–Kier alpha value is -1.94. The Morgan fingerprint density at radius 2 is 2.00 bits per heavy atom. The lowest BCUT2D eigenvalue weighted by molar-refractivity contribution is 0.995. The molecule has 0 aliphatic heterocycles. The Bertz CT molecular complexity index is 647. The fourth-order valence-electron chi connectivity index (χ4n) is 1.61. The average Bonchev–Trinajstić information content (AvgIpc) is 2.74. The van der Waals surface area contributed by atoms with Crippen LogP contribution >= 0.6 is 11.6 Å². The highest BCUT2D eigenvalue weighted by Crippen LogP contribution is 2.21. The molecule has 0 amide bonds. The number of rotatable bonds is 1. The lowest BCUT2D eigenvalue weighted by Crippen LogP contribution is -1.97. The van der Waals surface area contributed by atoms with E-state index in [4.69, 9.17) is 11.6 Å². The van der Waals surface area contributed by atoms with Crippen molar-refractivity contribution < 1.29 is 0 Å². The molecule has 78 valence electrons. The molecule has 0 aliphatic carbocycles. The van der Waals surface area contributed by atoms with Gasteiger partial charge in [-0.05, 0) is 12.1 Å². The highest BCUT2D eigenvalue weighted by atomic mass is 35.5. The normalized spacial score (nSPS) is 10.8. The van der Waals surface area contributed by atoms with Gasteiger partial charge in [0.2, 0.25) is 0 Å². The molecule has 1 aromatic carbocycles. The van der Waals surface area contributed by atoms with Gasteiger partial charge in [0.15, 0.2) is 5.82 Å². The summed E-state index contributed by atoms with van der Waals surface area (Å²) >= 11 is 6.04. The molecule has 0 spiro atoms. The second kappa shape index (κ2) is 3.57.